The summed E-state index contributed by atoms with van der Waals surface area (Å²) >= 11 is 1.25. The third-order valence-corrected chi connectivity index (χ3v) is 6.31. The largest absolute Gasteiger partial charge is 0.329 e. The standard InChI is InChI=1S/C22H18F2N6OS/c1-12-19-18(15-7-8-25-17(24)11-15)27-20(21-26-13(2)28-32-21)30(19)10-9-29(12)22(31)14-3-5-16(23)6-4-14/h3-8,11-12H,9-10H2,1-2H3. The molecule has 1 atom stereocenters. The third-order valence-electron chi connectivity index (χ3n) is 5.51. The number of nitrogens with zero attached hydrogens (tertiary/aromatic N) is 6. The third kappa shape index (κ3) is 3.46. The van der Waals surface area contributed by atoms with E-state index in [-0.39, 0.29) is 11.9 Å². The molecule has 1 aliphatic heterocycles. The van der Waals surface area contributed by atoms with Crippen molar-refractivity contribution in [1.82, 2.24) is 28.8 Å². The van der Waals surface area contributed by atoms with Crippen LogP contribution in [-0.4, -0.2) is 41.2 Å². The Morgan fingerprint density at radius 2 is 1.91 bits per heavy atom. The van der Waals surface area contributed by atoms with E-state index in [0.717, 1.165) is 5.69 Å². The van der Waals surface area contributed by atoms with E-state index in [0.29, 0.717) is 46.6 Å². The molecule has 0 aliphatic carbocycles. The van der Waals surface area contributed by atoms with Crippen LogP contribution in [0.2, 0.25) is 0 Å². The molecular formula is C22H18F2N6OS. The number of aryl methyl sites for hydroxylation is 1. The average Bonchev–Trinajstić information content (AvgIpc) is 3.38. The molecule has 7 nitrogen and oxygen atoms in total. The van der Waals surface area contributed by atoms with Crippen LogP contribution in [0.3, 0.4) is 0 Å². The molecule has 1 aliphatic rings. The number of benzene rings is 1. The molecule has 0 N–H and O–H groups in total. The van der Waals surface area contributed by atoms with Gasteiger partial charge in [0.15, 0.2) is 10.8 Å². The Hall–Kier alpha value is -3.53. The molecular weight excluding hydrogens is 434 g/mol. The summed E-state index contributed by atoms with van der Waals surface area (Å²) < 4.78 is 33.5. The lowest BCUT2D eigenvalue weighted by molar-refractivity contribution is 0.0645. The summed E-state index contributed by atoms with van der Waals surface area (Å²) in [4.78, 5) is 27.8. The molecule has 0 saturated heterocycles. The molecule has 1 amide bonds. The van der Waals surface area contributed by atoms with Gasteiger partial charge in [0.1, 0.15) is 11.6 Å². The summed E-state index contributed by atoms with van der Waals surface area (Å²) in [5.41, 5.74) is 2.32. The predicted octanol–water partition coefficient (Wildman–Crippen LogP) is 4.27. The minimum atomic E-state index is -0.611. The van der Waals surface area contributed by atoms with Gasteiger partial charge in [0.2, 0.25) is 5.95 Å². The van der Waals surface area contributed by atoms with Crippen molar-refractivity contribution in [2.75, 3.05) is 6.54 Å². The first kappa shape index (κ1) is 20.4. The zero-order valence-corrected chi connectivity index (χ0v) is 18.1. The minimum absolute atomic E-state index is 0.204. The van der Waals surface area contributed by atoms with Gasteiger partial charge in [-0.25, -0.2) is 19.3 Å². The van der Waals surface area contributed by atoms with Crippen LogP contribution in [-0.2, 0) is 6.54 Å². The van der Waals surface area contributed by atoms with Gasteiger partial charge in [-0.3, -0.25) is 4.79 Å². The molecule has 10 heteroatoms. The van der Waals surface area contributed by atoms with Crippen molar-refractivity contribution in [1.29, 1.82) is 0 Å². The number of carbonyl (C=O) groups is 1. The summed E-state index contributed by atoms with van der Waals surface area (Å²) in [7, 11) is 0. The van der Waals surface area contributed by atoms with Crippen molar-refractivity contribution in [3.8, 4) is 22.1 Å². The van der Waals surface area contributed by atoms with Gasteiger partial charge < -0.3 is 9.47 Å². The van der Waals surface area contributed by atoms with Crippen LogP contribution in [0, 0.1) is 18.7 Å². The maximum atomic E-state index is 13.9. The van der Waals surface area contributed by atoms with Gasteiger partial charge in [0, 0.05) is 36.5 Å². The molecule has 162 valence electrons. The Kier molecular flexibility index (Phi) is 5.01. The number of hydrogen-bond donors (Lipinski definition) is 0. The van der Waals surface area contributed by atoms with Crippen LogP contribution in [0.15, 0.2) is 42.6 Å². The Morgan fingerprint density at radius 1 is 1.12 bits per heavy atom. The Morgan fingerprint density at radius 3 is 2.59 bits per heavy atom. The molecule has 4 heterocycles. The van der Waals surface area contributed by atoms with E-state index < -0.39 is 11.8 Å². The number of amides is 1. The zero-order chi connectivity index (χ0) is 22.4. The molecule has 32 heavy (non-hydrogen) atoms. The smallest absolute Gasteiger partial charge is 0.254 e. The molecule has 5 rings (SSSR count). The van der Waals surface area contributed by atoms with Crippen LogP contribution < -0.4 is 0 Å². The second-order valence-electron chi connectivity index (χ2n) is 7.52. The lowest BCUT2D eigenvalue weighted by Gasteiger charge is -2.35. The van der Waals surface area contributed by atoms with Crippen molar-refractivity contribution in [2.45, 2.75) is 26.4 Å². The topological polar surface area (TPSA) is 76.8 Å². The van der Waals surface area contributed by atoms with Gasteiger partial charge in [0.25, 0.3) is 5.91 Å². The molecule has 4 aromatic rings. The van der Waals surface area contributed by atoms with E-state index in [1.54, 1.807) is 11.0 Å². The summed E-state index contributed by atoms with van der Waals surface area (Å²) in [5.74, 6) is 0.0741. The summed E-state index contributed by atoms with van der Waals surface area (Å²) in [6.45, 7) is 4.64. The number of hydrogen-bond acceptors (Lipinski definition) is 6. The highest BCUT2D eigenvalue weighted by Crippen LogP contribution is 2.38. The predicted molar refractivity (Wildman–Crippen MR) is 115 cm³/mol. The summed E-state index contributed by atoms with van der Waals surface area (Å²) in [5, 5.41) is 0.662. The molecule has 0 saturated carbocycles. The molecule has 0 spiro atoms. The van der Waals surface area contributed by atoms with Crippen molar-refractivity contribution < 1.29 is 13.6 Å². The van der Waals surface area contributed by atoms with Crippen LogP contribution in [0.5, 0.6) is 0 Å². The highest BCUT2D eigenvalue weighted by atomic mass is 32.1. The Balaban J connectivity index is 1.62. The van der Waals surface area contributed by atoms with E-state index in [1.165, 1.54) is 48.1 Å². The number of pyridine rings is 1. The van der Waals surface area contributed by atoms with Gasteiger partial charge in [-0.2, -0.15) is 8.76 Å². The van der Waals surface area contributed by atoms with Gasteiger partial charge >= 0.3 is 0 Å². The fourth-order valence-electron chi connectivity index (χ4n) is 4.01. The first-order chi connectivity index (χ1) is 15.4. The van der Waals surface area contributed by atoms with Crippen molar-refractivity contribution in [3.63, 3.8) is 0 Å². The lowest BCUT2D eigenvalue weighted by atomic mass is 10.0. The monoisotopic (exact) mass is 452 g/mol. The maximum absolute atomic E-state index is 13.9. The fraction of sp³-hybridized carbons (Fsp3) is 0.227. The molecule has 0 fully saturated rings. The second kappa shape index (κ2) is 7.86. The number of rotatable bonds is 3. The van der Waals surface area contributed by atoms with Crippen molar-refractivity contribution in [3.05, 3.63) is 71.4 Å². The summed E-state index contributed by atoms with van der Waals surface area (Å²) in [6, 6.07) is 8.15. The quantitative estimate of drug-likeness (QED) is 0.434. The van der Waals surface area contributed by atoms with Crippen molar-refractivity contribution >= 4 is 17.4 Å². The lowest BCUT2D eigenvalue weighted by Crippen LogP contribution is -2.41. The molecule has 3 aromatic heterocycles. The molecule has 0 bridgehead atoms. The first-order valence-electron chi connectivity index (χ1n) is 10.0. The highest BCUT2D eigenvalue weighted by Gasteiger charge is 2.34. The van der Waals surface area contributed by atoms with E-state index in [2.05, 4.69) is 14.3 Å². The van der Waals surface area contributed by atoms with Gasteiger partial charge in [-0.15, -0.1) is 0 Å². The Bertz CT molecular complexity index is 1320. The normalized spacial score (nSPS) is 15.6. The van der Waals surface area contributed by atoms with Gasteiger partial charge in [0.05, 0.1) is 17.4 Å². The van der Waals surface area contributed by atoms with E-state index in [9.17, 15) is 13.6 Å². The maximum Gasteiger partial charge on any atom is 0.254 e. The second-order valence-corrected chi connectivity index (χ2v) is 8.27. The van der Waals surface area contributed by atoms with Crippen molar-refractivity contribution in [2.24, 2.45) is 0 Å². The highest BCUT2D eigenvalue weighted by molar-refractivity contribution is 7.09. The fourth-order valence-corrected chi connectivity index (χ4v) is 4.68. The minimum Gasteiger partial charge on any atom is -0.329 e. The number of fused-ring (bicyclic) bond motifs is 1. The number of imidazole rings is 1. The average molecular weight is 452 g/mol. The SMILES string of the molecule is Cc1nsc(-c2nc(-c3ccnc(F)c3)c3n2CCN(C(=O)c2ccc(F)cc2)C3C)n1. The zero-order valence-electron chi connectivity index (χ0n) is 17.3. The number of halogens is 2. The first-order valence-corrected chi connectivity index (χ1v) is 10.8. The molecule has 0 radical (unpaired) electrons. The van der Waals surface area contributed by atoms with E-state index in [4.69, 9.17) is 4.98 Å². The Labute approximate surface area is 186 Å². The van der Waals surface area contributed by atoms with Crippen LogP contribution in [0.25, 0.3) is 22.1 Å². The van der Waals surface area contributed by atoms with E-state index >= 15 is 0 Å². The summed E-state index contributed by atoms with van der Waals surface area (Å²) in [6.07, 6.45) is 1.39. The van der Waals surface area contributed by atoms with Gasteiger partial charge in [-0.1, -0.05) is 0 Å². The van der Waals surface area contributed by atoms with Crippen LogP contribution in [0.1, 0.15) is 34.8 Å². The van der Waals surface area contributed by atoms with Crippen LogP contribution >= 0.6 is 11.5 Å². The number of carbonyl (C=O) groups excluding carboxylic acids is 1. The number of aromatic nitrogens is 5. The van der Waals surface area contributed by atoms with E-state index in [1.807, 2.05) is 18.4 Å². The van der Waals surface area contributed by atoms with Crippen LogP contribution in [0.4, 0.5) is 8.78 Å². The van der Waals surface area contributed by atoms with Gasteiger partial charge in [-0.05, 0) is 55.7 Å². The molecule has 1 unspecified atom stereocenters. The molecule has 1 aromatic carbocycles.